The van der Waals surface area contributed by atoms with Gasteiger partial charge in [-0.1, -0.05) is 13.8 Å². The lowest BCUT2D eigenvalue weighted by Crippen LogP contribution is -2.25. The molecule has 0 amide bonds. The van der Waals surface area contributed by atoms with Crippen LogP contribution in [0.25, 0.3) is 11.3 Å². The Morgan fingerprint density at radius 1 is 1.29 bits per heavy atom. The minimum Gasteiger partial charge on any atom is -0.771 e. The van der Waals surface area contributed by atoms with Crippen LogP contribution in [0.3, 0.4) is 0 Å². The third-order valence-electron chi connectivity index (χ3n) is 3.39. The smallest absolute Gasteiger partial charge is 0.226 e. The summed E-state index contributed by atoms with van der Waals surface area (Å²) >= 11 is -2.26. The number of aromatic nitrogens is 2. The van der Waals surface area contributed by atoms with Crippen LogP contribution in [0.5, 0.6) is 5.75 Å². The van der Waals surface area contributed by atoms with Gasteiger partial charge in [0.1, 0.15) is 11.5 Å². The molecule has 0 spiro atoms. The Balaban J connectivity index is 2.63. The molecule has 6 nitrogen and oxygen atoms in total. The van der Waals surface area contributed by atoms with Crippen molar-refractivity contribution in [2.24, 2.45) is 0 Å². The van der Waals surface area contributed by atoms with Gasteiger partial charge in [0.2, 0.25) is 5.95 Å². The van der Waals surface area contributed by atoms with Crippen molar-refractivity contribution in [1.29, 1.82) is 0 Å². The SMILES string of the molecule is COc1c(-c2ccc(F)cc2)nc(N(C)CS(=O)[O-])nc1C(C)C. The van der Waals surface area contributed by atoms with Crippen LogP contribution in [-0.2, 0) is 11.1 Å². The van der Waals surface area contributed by atoms with Crippen molar-refractivity contribution in [1.82, 2.24) is 9.97 Å². The molecular formula is C16H19FN3O3S-. The van der Waals surface area contributed by atoms with E-state index in [-0.39, 0.29) is 23.6 Å². The number of methoxy groups -OCH3 is 1. The Morgan fingerprint density at radius 3 is 2.42 bits per heavy atom. The van der Waals surface area contributed by atoms with Crippen LogP contribution in [0.4, 0.5) is 10.3 Å². The van der Waals surface area contributed by atoms with Crippen molar-refractivity contribution in [2.45, 2.75) is 19.8 Å². The molecule has 1 unspecified atom stereocenters. The first-order valence-corrected chi connectivity index (χ1v) is 8.56. The zero-order chi connectivity index (χ0) is 17.9. The molecule has 0 saturated heterocycles. The standard InChI is InChI=1S/C16H20FN3O3S/c1-10(2)13-15(23-4)14(11-5-7-12(17)8-6-11)19-16(18-13)20(3)9-24(21)22/h5-8,10H,9H2,1-4H3,(H,21,22)/p-1. The van der Waals surface area contributed by atoms with E-state index in [1.807, 2.05) is 13.8 Å². The van der Waals surface area contributed by atoms with Gasteiger partial charge in [-0.2, -0.15) is 0 Å². The van der Waals surface area contributed by atoms with Gasteiger partial charge in [0, 0.05) is 12.6 Å². The van der Waals surface area contributed by atoms with Gasteiger partial charge in [-0.3, -0.25) is 4.21 Å². The maximum atomic E-state index is 13.2. The lowest BCUT2D eigenvalue weighted by atomic mass is 10.0. The topological polar surface area (TPSA) is 78.4 Å². The van der Waals surface area contributed by atoms with E-state index >= 15 is 0 Å². The molecule has 0 saturated carbocycles. The van der Waals surface area contributed by atoms with E-state index in [1.54, 1.807) is 19.2 Å². The molecule has 1 aromatic carbocycles. The molecule has 0 aliphatic rings. The molecule has 0 fully saturated rings. The van der Waals surface area contributed by atoms with E-state index < -0.39 is 11.1 Å². The second-order valence-electron chi connectivity index (χ2n) is 5.58. The van der Waals surface area contributed by atoms with Crippen LogP contribution in [0.2, 0.25) is 0 Å². The van der Waals surface area contributed by atoms with Crippen LogP contribution in [0.15, 0.2) is 24.3 Å². The normalized spacial score (nSPS) is 12.3. The zero-order valence-corrected chi connectivity index (χ0v) is 14.8. The quantitative estimate of drug-likeness (QED) is 0.744. The molecule has 2 rings (SSSR count). The van der Waals surface area contributed by atoms with E-state index in [0.29, 0.717) is 22.7 Å². The minimum atomic E-state index is -2.26. The Labute approximate surface area is 143 Å². The largest absolute Gasteiger partial charge is 0.771 e. The van der Waals surface area contributed by atoms with Gasteiger partial charge in [-0.25, -0.2) is 14.4 Å². The first-order valence-electron chi connectivity index (χ1n) is 7.32. The van der Waals surface area contributed by atoms with Gasteiger partial charge in [0.15, 0.2) is 5.75 Å². The number of benzene rings is 1. The van der Waals surface area contributed by atoms with Crippen LogP contribution in [0, 0.1) is 5.82 Å². The Kier molecular flexibility index (Phi) is 5.84. The van der Waals surface area contributed by atoms with Crippen molar-refractivity contribution in [2.75, 3.05) is 24.9 Å². The first kappa shape index (κ1) is 18.3. The molecule has 1 atom stereocenters. The molecule has 130 valence electrons. The number of ether oxygens (including phenoxy) is 1. The highest BCUT2D eigenvalue weighted by Gasteiger charge is 2.20. The van der Waals surface area contributed by atoms with Crippen molar-refractivity contribution < 1.29 is 17.9 Å². The second-order valence-corrected chi connectivity index (χ2v) is 6.45. The van der Waals surface area contributed by atoms with Gasteiger partial charge < -0.3 is 14.2 Å². The highest BCUT2D eigenvalue weighted by molar-refractivity contribution is 7.79. The van der Waals surface area contributed by atoms with Gasteiger partial charge >= 0.3 is 0 Å². The van der Waals surface area contributed by atoms with Gasteiger partial charge in [-0.05, 0) is 41.3 Å². The van der Waals surface area contributed by atoms with Crippen molar-refractivity contribution in [3.8, 4) is 17.0 Å². The number of anilines is 1. The van der Waals surface area contributed by atoms with Gasteiger partial charge in [-0.15, -0.1) is 0 Å². The summed E-state index contributed by atoms with van der Waals surface area (Å²) in [4.78, 5) is 10.3. The fourth-order valence-electron chi connectivity index (χ4n) is 2.24. The van der Waals surface area contributed by atoms with Crippen LogP contribution in [0.1, 0.15) is 25.5 Å². The molecular weight excluding hydrogens is 333 g/mol. The summed E-state index contributed by atoms with van der Waals surface area (Å²) in [6.45, 7) is 3.91. The van der Waals surface area contributed by atoms with E-state index in [1.165, 1.54) is 24.1 Å². The zero-order valence-electron chi connectivity index (χ0n) is 13.9. The molecule has 0 radical (unpaired) electrons. The summed E-state index contributed by atoms with van der Waals surface area (Å²) in [6, 6.07) is 5.86. The Bertz CT molecular complexity index is 738. The molecule has 0 bridgehead atoms. The van der Waals surface area contributed by atoms with Gasteiger partial charge in [0.25, 0.3) is 0 Å². The molecule has 1 heterocycles. The third kappa shape index (κ3) is 4.07. The summed E-state index contributed by atoms with van der Waals surface area (Å²) in [5.41, 5.74) is 1.82. The molecule has 0 N–H and O–H groups in total. The summed E-state index contributed by atoms with van der Waals surface area (Å²) in [5, 5.41) is 0. The van der Waals surface area contributed by atoms with Crippen LogP contribution < -0.4 is 9.64 Å². The van der Waals surface area contributed by atoms with Gasteiger partial charge in [0.05, 0.1) is 18.7 Å². The Morgan fingerprint density at radius 2 is 1.92 bits per heavy atom. The number of hydrogen-bond donors (Lipinski definition) is 0. The fourth-order valence-corrected chi connectivity index (χ4v) is 2.67. The predicted octanol–water partition coefficient (Wildman–Crippen LogP) is 2.69. The number of nitrogens with zero attached hydrogens (tertiary/aromatic N) is 3. The summed E-state index contributed by atoms with van der Waals surface area (Å²) in [7, 11) is 3.11. The van der Waals surface area contributed by atoms with E-state index in [4.69, 9.17) is 4.74 Å². The average molecular weight is 352 g/mol. The summed E-state index contributed by atoms with van der Waals surface area (Å²) < 4.78 is 40.6. The summed E-state index contributed by atoms with van der Waals surface area (Å²) in [6.07, 6.45) is 0. The molecule has 8 heteroatoms. The van der Waals surface area contributed by atoms with E-state index in [2.05, 4.69) is 9.97 Å². The maximum absolute atomic E-state index is 13.2. The van der Waals surface area contributed by atoms with Crippen molar-refractivity contribution in [3.63, 3.8) is 0 Å². The van der Waals surface area contributed by atoms with E-state index in [9.17, 15) is 13.2 Å². The second kappa shape index (κ2) is 7.67. The number of hydrogen-bond acceptors (Lipinski definition) is 6. The highest BCUT2D eigenvalue weighted by atomic mass is 32.2. The summed E-state index contributed by atoms with van der Waals surface area (Å²) in [5.74, 6) is 0.217. The van der Waals surface area contributed by atoms with E-state index in [0.717, 1.165) is 0 Å². The minimum absolute atomic E-state index is 0.0343. The predicted molar refractivity (Wildman–Crippen MR) is 90.3 cm³/mol. The fraction of sp³-hybridized carbons (Fsp3) is 0.375. The molecule has 2 aromatic rings. The number of halogens is 1. The first-order chi connectivity index (χ1) is 11.3. The molecule has 24 heavy (non-hydrogen) atoms. The van der Waals surface area contributed by atoms with Crippen molar-refractivity contribution >= 4 is 17.0 Å². The molecule has 0 aliphatic heterocycles. The monoisotopic (exact) mass is 352 g/mol. The highest BCUT2D eigenvalue weighted by Crippen LogP contribution is 2.35. The average Bonchev–Trinajstić information content (AvgIpc) is 2.53. The lowest BCUT2D eigenvalue weighted by molar-refractivity contribution is 0.404. The van der Waals surface area contributed by atoms with Crippen molar-refractivity contribution in [3.05, 3.63) is 35.8 Å². The molecule has 0 aliphatic carbocycles. The molecule has 1 aromatic heterocycles. The lowest BCUT2D eigenvalue weighted by Gasteiger charge is -2.22. The van der Waals surface area contributed by atoms with Crippen LogP contribution >= 0.6 is 0 Å². The Hall–Kier alpha value is -2.06. The third-order valence-corrected chi connectivity index (χ3v) is 3.99. The number of rotatable bonds is 6. The van der Waals surface area contributed by atoms with Crippen LogP contribution in [-0.4, -0.2) is 38.8 Å². The maximum Gasteiger partial charge on any atom is 0.226 e.